The molecule has 0 amide bonds. The Morgan fingerprint density at radius 1 is 1.00 bits per heavy atom. The quantitative estimate of drug-likeness (QED) is 0.490. The second-order valence-corrected chi connectivity index (χ2v) is 13.0. The molecule has 6 aliphatic rings. The van der Waals surface area contributed by atoms with Crippen molar-refractivity contribution in [1.82, 2.24) is 9.88 Å². The van der Waals surface area contributed by atoms with Crippen LogP contribution in [0.1, 0.15) is 82.6 Å². The van der Waals surface area contributed by atoms with E-state index in [2.05, 4.69) is 60.3 Å². The van der Waals surface area contributed by atoms with Crippen LogP contribution in [0.4, 0.5) is 0 Å². The number of rotatable bonds is 3. The molecule has 2 aliphatic heterocycles. The minimum Gasteiger partial charge on any atom is -0.359 e. The highest BCUT2D eigenvalue weighted by Gasteiger charge is 2.66. The summed E-state index contributed by atoms with van der Waals surface area (Å²) in [4.78, 5) is 7.10. The van der Waals surface area contributed by atoms with Gasteiger partial charge in [-0.15, -0.1) is 0 Å². The summed E-state index contributed by atoms with van der Waals surface area (Å²) in [6.45, 7) is 2.59. The van der Waals surface area contributed by atoms with E-state index in [4.69, 9.17) is 4.74 Å². The molecular formula is C32H38N2O. The SMILES string of the molecule is CN(C1CC1)[C@H]1CCC2=CC3=CC[C@]4(C)C(c5ccc6ccncc6c5)CC[C@H]4[C@@]34CC[C@]2(C1)O4. The molecule has 1 unspecified atom stereocenters. The molecule has 1 aromatic carbocycles. The lowest BCUT2D eigenvalue weighted by molar-refractivity contribution is -0.140. The van der Waals surface area contributed by atoms with Gasteiger partial charge in [0, 0.05) is 29.9 Å². The van der Waals surface area contributed by atoms with Gasteiger partial charge < -0.3 is 9.64 Å². The second-order valence-electron chi connectivity index (χ2n) is 13.0. The van der Waals surface area contributed by atoms with E-state index in [0.29, 0.717) is 17.9 Å². The molecule has 4 aliphatic carbocycles. The van der Waals surface area contributed by atoms with Crippen LogP contribution < -0.4 is 0 Å². The maximum atomic E-state index is 7.52. The zero-order valence-corrected chi connectivity index (χ0v) is 21.3. The van der Waals surface area contributed by atoms with Gasteiger partial charge in [-0.2, -0.15) is 0 Å². The van der Waals surface area contributed by atoms with Gasteiger partial charge in [0.15, 0.2) is 0 Å². The van der Waals surface area contributed by atoms with E-state index < -0.39 is 0 Å². The van der Waals surface area contributed by atoms with Crippen LogP contribution in [0.3, 0.4) is 0 Å². The Morgan fingerprint density at radius 2 is 1.91 bits per heavy atom. The number of benzene rings is 1. The van der Waals surface area contributed by atoms with Crippen molar-refractivity contribution >= 4 is 10.8 Å². The monoisotopic (exact) mass is 466 g/mol. The van der Waals surface area contributed by atoms with Gasteiger partial charge in [0.05, 0.1) is 11.2 Å². The first-order valence-electron chi connectivity index (χ1n) is 14.2. The number of allylic oxidation sites excluding steroid dienone is 1. The van der Waals surface area contributed by atoms with E-state index in [1.807, 2.05) is 12.4 Å². The first-order valence-corrected chi connectivity index (χ1v) is 14.2. The van der Waals surface area contributed by atoms with Gasteiger partial charge in [-0.3, -0.25) is 4.98 Å². The Bertz CT molecular complexity index is 1280. The summed E-state index contributed by atoms with van der Waals surface area (Å²) in [5, 5.41) is 2.57. The van der Waals surface area contributed by atoms with Gasteiger partial charge in [-0.25, -0.2) is 0 Å². The van der Waals surface area contributed by atoms with Gasteiger partial charge in [0.25, 0.3) is 0 Å². The molecule has 1 aromatic heterocycles. The van der Waals surface area contributed by atoms with E-state index >= 15 is 0 Å². The molecule has 1 saturated heterocycles. The van der Waals surface area contributed by atoms with E-state index in [1.165, 1.54) is 80.5 Å². The van der Waals surface area contributed by atoms with Crippen LogP contribution in [0.5, 0.6) is 0 Å². The number of pyridine rings is 1. The van der Waals surface area contributed by atoms with Gasteiger partial charge in [-0.05, 0) is 123 Å². The third-order valence-corrected chi connectivity index (χ3v) is 11.4. The van der Waals surface area contributed by atoms with Crippen LogP contribution in [-0.2, 0) is 4.74 Å². The van der Waals surface area contributed by atoms with Crippen molar-refractivity contribution in [3.8, 4) is 0 Å². The molecule has 0 radical (unpaired) electrons. The van der Waals surface area contributed by atoms with E-state index in [1.54, 1.807) is 11.1 Å². The minimum absolute atomic E-state index is 0.00830. The lowest BCUT2D eigenvalue weighted by Gasteiger charge is -2.55. The number of hydrogen-bond donors (Lipinski definition) is 0. The molecule has 2 spiro atoms. The van der Waals surface area contributed by atoms with Crippen LogP contribution in [-0.4, -0.2) is 40.2 Å². The van der Waals surface area contributed by atoms with Crippen molar-refractivity contribution in [2.75, 3.05) is 7.05 Å². The summed E-state index contributed by atoms with van der Waals surface area (Å²) >= 11 is 0. The number of ether oxygens (including phenoxy) is 1. The van der Waals surface area contributed by atoms with E-state index in [-0.39, 0.29) is 16.6 Å². The smallest absolute Gasteiger partial charge is 0.0974 e. The Balaban J connectivity index is 1.15. The highest BCUT2D eigenvalue weighted by molar-refractivity contribution is 5.82. The Hall–Kier alpha value is -1.97. The molecule has 6 atom stereocenters. The zero-order valence-electron chi connectivity index (χ0n) is 21.3. The molecule has 2 aromatic rings. The second kappa shape index (κ2) is 7.07. The molecule has 3 saturated carbocycles. The van der Waals surface area contributed by atoms with Crippen molar-refractivity contribution < 1.29 is 4.74 Å². The van der Waals surface area contributed by atoms with E-state index in [0.717, 1.165) is 6.04 Å². The normalized spacial score (nSPS) is 41.9. The molecule has 8 rings (SSSR count). The number of hydrogen-bond acceptors (Lipinski definition) is 3. The summed E-state index contributed by atoms with van der Waals surface area (Å²) in [6.07, 6.45) is 21.9. The zero-order chi connectivity index (χ0) is 23.4. The molecule has 2 bridgehead atoms. The summed E-state index contributed by atoms with van der Waals surface area (Å²) in [5.41, 5.74) is 4.89. The lowest BCUT2D eigenvalue weighted by Crippen LogP contribution is -2.55. The maximum Gasteiger partial charge on any atom is 0.0974 e. The van der Waals surface area contributed by atoms with Crippen molar-refractivity contribution in [1.29, 1.82) is 0 Å². The molecule has 182 valence electrons. The van der Waals surface area contributed by atoms with Gasteiger partial charge in [0.2, 0.25) is 0 Å². The standard InChI is InChI=1S/C32H38N2O/c1-30-13-11-25-18-24-5-6-27(34(2)26-7-8-26)19-31(24)14-15-32(25,35-31)29(30)10-9-28(30)22-4-3-21-12-16-33-20-23(21)17-22/h3-4,11-12,16-18,20,26-29H,5-10,13-15,19H2,1-2H3/t27-,28?,29+,30+,31+,32+/m0/s1. The highest BCUT2D eigenvalue weighted by atomic mass is 16.5. The van der Waals surface area contributed by atoms with Gasteiger partial charge >= 0.3 is 0 Å². The first-order chi connectivity index (χ1) is 17.0. The highest BCUT2D eigenvalue weighted by Crippen LogP contribution is 2.69. The van der Waals surface area contributed by atoms with Crippen LogP contribution in [0.2, 0.25) is 0 Å². The van der Waals surface area contributed by atoms with Crippen LogP contribution in [0, 0.1) is 11.3 Å². The Kier molecular flexibility index (Phi) is 4.27. The van der Waals surface area contributed by atoms with Crippen LogP contribution in [0.25, 0.3) is 10.8 Å². The van der Waals surface area contributed by atoms with Crippen LogP contribution >= 0.6 is 0 Å². The Labute approximate surface area is 209 Å². The number of aromatic nitrogens is 1. The molecule has 35 heavy (non-hydrogen) atoms. The Morgan fingerprint density at radius 3 is 2.80 bits per heavy atom. The molecule has 0 N–H and O–H groups in total. The van der Waals surface area contributed by atoms with Gasteiger partial charge in [0.1, 0.15) is 0 Å². The fourth-order valence-electron chi connectivity index (χ4n) is 9.38. The van der Waals surface area contributed by atoms with Crippen LogP contribution in [0.15, 0.2) is 60.0 Å². The topological polar surface area (TPSA) is 25.4 Å². The summed E-state index contributed by atoms with van der Waals surface area (Å²) in [7, 11) is 2.38. The summed E-state index contributed by atoms with van der Waals surface area (Å²) in [5.74, 6) is 1.21. The summed E-state index contributed by atoms with van der Waals surface area (Å²) < 4.78 is 7.52. The predicted molar refractivity (Wildman–Crippen MR) is 140 cm³/mol. The van der Waals surface area contributed by atoms with Crippen molar-refractivity contribution in [2.24, 2.45) is 11.3 Å². The third-order valence-electron chi connectivity index (χ3n) is 11.4. The average Bonchev–Trinajstić information content (AvgIpc) is 3.60. The van der Waals surface area contributed by atoms with Crippen molar-refractivity contribution in [2.45, 2.75) is 100 Å². The number of fused-ring (bicyclic) bond motifs is 2. The molecule has 3 heterocycles. The largest absolute Gasteiger partial charge is 0.359 e. The molecule has 4 fully saturated rings. The third kappa shape index (κ3) is 2.83. The lowest BCUT2D eigenvalue weighted by atomic mass is 9.58. The fraction of sp³-hybridized carbons (Fsp3) is 0.594. The molecule has 3 nitrogen and oxygen atoms in total. The predicted octanol–water partition coefficient (Wildman–Crippen LogP) is 6.94. The first kappa shape index (κ1) is 21.1. The maximum absolute atomic E-state index is 7.52. The fourth-order valence-corrected chi connectivity index (χ4v) is 9.38. The minimum atomic E-state index is -0.0519. The summed E-state index contributed by atoms with van der Waals surface area (Å²) in [6, 6.07) is 10.8. The van der Waals surface area contributed by atoms with Gasteiger partial charge in [-0.1, -0.05) is 31.2 Å². The van der Waals surface area contributed by atoms with Crippen molar-refractivity contribution in [3.05, 3.63) is 65.5 Å². The van der Waals surface area contributed by atoms with E-state index in [9.17, 15) is 0 Å². The molecular weight excluding hydrogens is 428 g/mol. The number of nitrogens with zero attached hydrogens (tertiary/aromatic N) is 2. The van der Waals surface area contributed by atoms with Crippen molar-refractivity contribution in [3.63, 3.8) is 0 Å². The molecule has 3 heteroatoms. The average molecular weight is 467 g/mol.